The molecule has 0 bridgehead atoms. The van der Waals surface area contributed by atoms with Crippen molar-refractivity contribution >= 4 is 23.0 Å². The smallest absolute Gasteiger partial charge is 0.170 e. The lowest BCUT2D eigenvalue weighted by Gasteiger charge is -2.28. The Bertz CT molecular complexity index is 1100. The standard InChI is InChI=1S/C28H35N5S/c1-20-19-24(21(2)33(20)23-13-6-7-14-23)27-26(25-15-8-9-16-30-25)31-28(34)32(27)18-10-17-29-22-11-4-3-5-12-22/h3-5,8-9,11-12,15-16,19,23,26-27,29H,6-7,10,13-14,17-18H2,1-2H3,(H,31,34)/t26-,27+/m0/s1. The van der Waals surface area contributed by atoms with Gasteiger partial charge in [-0.15, -0.1) is 0 Å². The molecule has 1 saturated carbocycles. The fraction of sp³-hybridized carbons (Fsp3) is 0.429. The van der Waals surface area contributed by atoms with Gasteiger partial charge in [-0.3, -0.25) is 4.98 Å². The number of benzene rings is 1. The Kier molecular flexibility index (Phi) is 6.86. The highest BCUT2D eigenvalue weighted by Crippen LogP contribution is 2.42. The summed E-state index contributed by atoms with van der Waals surface area (Å²) in [5.74, 6) is 0. The maximum Gasteiger partial charge on any atom is 0.170 e. The number of nitrogens with one attached hydrogen (secondary N) is 2. The van der Waals surface area contributed by atoms with Crippen LogP contribution in [0.3, 0.4) is 0 Å². The van der Waals surface area contributed by atoms with Gasteiger partial charge >= 0.3 is 0 Å². The summed E-state index contributed by atoms with van der Waals surface area (Å²) < 4.78 is 2.59. The Hall–Kier alpha value is -2.86. The summed E-state index contributed by atoms with van der Waals surface area (Å²) in [7, 11) is 0. The topological polar surface area (TPSA) is 45.1 Å². The summed E-state index contributed by atoms with van der Waals surface area (Å²) >= 11 is 5.89. The lowest BCUT2D eigenvalue weighted by atomic mass is 9.96. The molecule has 3 heterocycles. The zero-order valence-electron chi connectivity index (χ0n) is 20.2. The minimum absolute atomic E-state index is 0.0494. The lowest BCUT2D eigenvalue weighted by Crippen LogP contribution is -2.31. The average Bonchev–Trinajstić information content (AvgIpc) is 3.56. The Morgan fingerprint density at radius 1 is 1.06 bits per heavy atom. The number of aromatic nitrogens is 2. The van der Waals surface area contributed by atoms with Gasteiger partial charge in [0.15, 0.2) is 5.11 Å². The van der Waals surface area contributed by atoms with E-state index in [9.17, 15) is 0 Å². The summed E-state index contributed by atoms with van der Waals surface area (Å²) in [6, 6.07) is 19.8. The number of hydrogen-bond donors (Lipinski definition) is 2. The van der Waals surface area contributed by atoms with Crippen LogP contribution in [0.15, 0.2) is 60.8 Å². The van der Waals surface area contributed by atoms with Crippen molar-refractivity contribution in [2.24, 2.45) is 0 Å². The summed E-state index contributed by atoms with van der Waals surface area (Å²) in [5.41, 5.74) is 6.33. The summed E-state index contributed by atoms with van der Waals surface area (Å²) in [4.78, 5) is 7.10. The first-order valence-electron chi connectivity index (χ1n) is 12.6. The van der Waals surface area contributed by atoms with E-state index in [1.807, 2.05) is 18.3 Å². The number of pyridine rings is 1. The van der Waals surface area contributed by atoms with E-state index in [1.54, 1.807) is 0 Å². The number of para-hydroxylation sites is 1. The van der Waals surface area contributed by atoms with Crippen molar-refractivity contribution in [2.75, 3.05) is 18.4 Å². The molecule has 2 atom stereocenters. The fourth-order valence-electron chi connectivity index (χ4n) is 5.85. The van der Waals surface area contributed by atoms with Gasteiger partial charge in [-0.2, -0.15) is 0 Å². The molecule has 2 N–H and O–H groups in total. The van der Waals surface area contributed by atoms with Crippen LogP contribution >= 0.6 is 12.2 Å². The van der Waals surface area contributed by atoms with Gasteiger partial charge in [-0.1, -0.05) is 37.1 Å². The van der Waals surface area contributed by atoms with Crippen LogP contribution in [-0.4, -0.2) is 32.7 Å². The van der Waals surface area contributed by atoms with Crippen LogP contribution in [-0.2, 0) is 0 Å². The monoisotopic (exact) mass is 473 g/mol. The van der Waals surface area contributed by atoms with E-state index >= 15 is 0 Å². The number of hydrogen-bond acceptors (Lipinski definition) is 3. The van der Waals surface area contributed by atoms with Crippen LogP contribution in [0.25, 0.3) is 0 Å². The van der Waals surface area contributed by atoms with Crippen molar-refractivity contribution in [3.05, 3.63) is 83.4 Å². The fourth-order valence-corrected chi connectivity index (χ4v) is 6.18. The van der Waals surface area contributed by atoms with Crippen molar-refractivity contribution in [1.29, 1.82) is 0 Å². The van der Waals surface area contributed by atoms with E-state index in [0.717, 1.165) is 36.0 Å². The molecule has 2 aliphatic rings. The molecular weight excluding hydrogens is 438 g/mol. The van der Waals surface area contributed by atoms with E-state index < -0.39 is 0 Å². The molecule has 1 aromatic carbocycles. The number of thiocarbonyl (C=S) groups is 1. The molecule has 3 aromatic rings. The quantitative estimate of drug-likeness (QED) is 0.306. The highest BCUT2D eigenvalue weighted by atomic mass is 32.1. The molecular formula is C28H35N5S. The summed E-state index contributed by atoms with van der Waals surface area (Å²) in [5, 5.41) is 7.98. The zero-order valence-corrected chi connectivity index (χ0v) is 21.0. The van der Waals surface area contributed by atoms with Crippen LogP contribution in [0, 0.1) is 13.8 Å². The third kappa shape index (κ3) is 4.56. The molecule has 34 heavy (non-hydrogen) atoms. The number of aryl methyl sites for hydroxylation is 1. The second kappa shape index (κ2) is 10.2. The molecule has 1 saturated heterocycles. The van der Waals surface area contributed by atoms with Crippen molar-refractivity contribution in [2.45, 2.75) is 64.1 Å². The molecule has 1 aliphatic heterocycles. The van der Waals surface area contributed by atoms with Gasteiger partial charge in [0.1, 0.15) is 0 Å². The van der Waals surface area contributed by atoms with Crippen molar-refractivity contribution < 1.29 is 0 Å². The lowest BCUT2D eigenvalue weighted by molar-refractivity contribution is 0.314. The minimum atomic E-state index is 0.0494. The second-order valence-electron chi connectivity index (χ2n) is 9.60. The first-order chi connectivity index (χ1) is 16.6. The third-order valence-electron chi connectivity index (χ3n) is 7.41. The third-order valence-corrected chi connectivity index (χ3v) is 7.76. The predicted molar refractivity (Wildman–Crippen MR) is 143 cm³/mol. The molecule has 1 aliphatic carbocycles. The van der Waals surface area contributed by atoms with Gasteiger partial charge in [0.05, 0.1) is 17.8 Å². The Morgan fingerprint density at radius 3 is 2.56 bits per heavy atom. The number of anilines is 1. The van der Waals surface area contributed by atoms with Crippen LogP contribution in [0.2, 0.25) is 0 Å². The SMILES string of the molecule is Cc1cc([C@@H]2[C@H](c3ccccn3)NC(=S)N2CCCNc2ccccc2)c(C)n1C1CCCC1. The van der Waals surface area contributed by atoms with Crippen LogP contribution < -0.4 is 10.6 Å². The molecule has 2 aromatic heterocycles. The molecule has 0 spiro atoms. The van der Waals surface area contributed by atoms with Gasteiger partial charge in [-0.05, 0) is 81.2 Å². The molecule has 2 fully saturated rings. The highest BCUT2D eigenvalue weighted by Gasteiger charge is 2.41. The van der Waals surface area contributed by atoms with E-state index in [4.69, 9.17) is 17.2 Å². The molecule has 0 amide bonds. The number of rotatable bonds is 8. The number of nitrogens with zero attached hydrogens (tertiary/aromatic N) is 3. The van der Waals surface area contributed by atoms with E-state index in [-0.39, 0.29) is 12.1 Å². The minimum Gasteiger partial charge on any atom is -0.385 e. The normalized spacial score (nSPS) is 20.6. The molecule has 0 unspecified atom stereocenters. The Balaban J connectivity index is 1.41. The molecule has 178 valence electrons. The zero-order chi connectivity index (χ0) is 23.5. The largest absolute Gasteiger partial charge is 0.385 e. The molecule has 0 radical (unpaired) electrons. The van der Waals surface area contributed by atoms with Crippen molar-refractivity contribution in [1.82, 2.24) is 19.8 Å². The average molecular weight is 474 g/mol. The van der Waals surface area contributed by atoms with Gasteiger partial charge in [0.2, 0.25) is 0 Å². The molecule has 5 rings (SSSR count). The summed E-state index contributed by atoms with van der Waals surface area (Å²) in [6.07, 6.45) is 8.13. The highest BCUT2D eigenvalue weighted by molar-refractivity contribution is 7.80. The van der Waals surface area contributed by atoms with Crippen LogP contribution in [0.4, 0.5) is 5.69 Å². The van der Waals surface area contributed by atoms with Crippen molar-refractivity contribution in [3.8, 4) is 0 Å². The summed E-state index contributed by atoms with van der Waals surface area (Å²) in [6.45, 7) is 6.37. The van der Waals surface area contributed by atoms with Gasteiger partial charge in [0.25, 0.3) is 0 Å². The van der Waals surface area contributed by atoms with E-state index in [0.29, 0.717) is 6.04 Å². The Morgan fingerprint density at radius 2 is 1.82 bits per heavy atom. The maximum absolute atomic E-state index is 5.89. The second-order valence-corrected chi connectivity index (χ2v) is 9.99. The predicted octanol–water partition coefficient (Wildman–Crippen LogP) is 6.09. The van der Waals surface area contributed by atoms with Gasteiger partial charge in [-0.25, -0.2) is 0 Å². The van der Waals surface area contributed by atoms with Gasteiger partial charge < -0.3 is 20.1 Å². The molecule has 6 heteroatoms. The molecule has 5 nitrogen and oxygen atoms in total. The van der Waals surface area contributed by atoms with E-state index in [1.165, 1.54) is 42.6 Å². The first-order valence-corrected chi connectivity index (χ1v) is 13.0. The van der Waals surface area contributed by atoms with Crippen LogP contribution in [0.5, 0.6) is 0 Å². The van der Waals surface area contributed by atoms with E-state index in [2.05, 4.69) is 76.4 Å². The van der Waals surface area contributed by atoms with Crippen LogP contribution in [0.1, 0.15) is 72.9 Å². The Labute approximate surface area is 208 Å². The first kappa shape index (κ1) is 22.9. The van der Waals surface area contributed by atoms with Crippen molar-refractivity contribution in [3.63, 3.8) is 0 Å². The van der Waals surface area contributed by atoms with Gasteiger partial charge in [0, 0.05) is 42.4 Å². The maximum atomic E-state index is 5.89.